The molecule has 3 aromatic heterocycles. The Morgan fingerprint density at radius 1 is 0.312 bits per heavy atom. The van der Waals surface area contributed by atoms with E-state index in [1.54, 1.807) is 0 Å². The van der Waals surface area contributed by atoms with Crippen LogP contribution in [-0.2, 0) is 0 Å². The molecule has 5 heteroatoms. The van der Waals surface area contributed by atoms with Gasteiger partial charge in [-0.1, -0.05) is 164 Å². The average Bonchev–Trinajstić information content (AvgIpc) is 3.92. The van der Waals surface area contributed by atoms with Crippen molar-refractivity contribution in [2.45, 2.75) is 0 Å². The highest BCUT2D eigenvalue weighted by Gasteiger charge is 2.21. The fraction of sp³-hybridized carbons (Fsp3) is 0. The van der Waals surface area contributed by atoms with Crippen molar-refractivity contribution in [3.05, 3.63) is 218 Å². The summed E-state index contributed by atoms with van der Waals surface area (Å²) in [4.78, 5) is 15.6. The molecule has 64 heavy (non-hydrogen) atoms. The van der Waals surface area contributed by atoms with Gasteiger partial charge in [0.15, 0.2) is 17.5 Å². The quantitative estimate of drug-likeness (QED) is 0.168. The second-order valence-corrected chi connectivity index (χ2v) is 16.4. The van der Waals surface area contributed by atoms with E-state index in [0.717, 1.165) is 77.2 Å². The molecule has 13 aromatic rings. The third-order valence-electron chi connectivity index (χ3n) is 12.6. The number of aromatic nitrogens is 4. The second kappa shape index (κ2) is 14.5. The molecule has 0 bridgehead atoms. The predicted molar refractivity (Wildman–Crippen MR) is 264 cm³/mol. The molecule has 0 saturated heterocycles. The summed E-state index contributed by atoms with van der Waals surface area (Å²) >= 11 is 0. The van der Waals surface area contributed by atoms with Gasteiger partial charge in [0.1, 0.15) is 11.2 Å². The highest BCUT2D eigenvalue weighted by molar-refractivity contribution is 6.22. The molecule has 0 aliphatic rings. The normalized spacial score (nSPS) is 11.8. The third kappa shape index (κ3) is 5.90. The van der Waals surface area contributed by atoms with E-state index in [1.807, 2.05) is 18.2 Å². The van der Waals surface area contributed by atoms with E-state index >= 15 is 0 Å². The predicted octanol–water partition coefficient (Wildman–Crippen LogP) is 15.5. The summed E-state index contributed by atoms with van der Waals surface area (Å²) in [5.41, 5.74) is 12.2. The molecule has 0 amide bonds. The maximum absolute atomic E-state index is 6.78. The summed E-state index contributed by atoms with van der Waals surface area (Å²) in [5.74, 6) is 1.80. The molecule has 0 aliphatic carbocycles. The number of nitrogens with zero attached hydrogens (tertiary/aromatic N) is 4. The highest BCUT2D eigenvalue weighted by Crippen LogP contribution is 2.42. The van der Waals surface area contributed by atoms with Gasteiger partial charge in [0, 0.05) is 50.0 Å². The molecule has 10 aromatic carbocycles. The van der Waals surface area contributed by atoms with Crippen molar-refractivity contribution < 1.29 is 4.42 Å². The number of fused-ring (bicyclic) bond motifs is 9. The van der Waals surface area contributed by atoms with Gasteiger partial charge in [0.05, 0.1) is 11.0 Å². The molecule has 3 heterocycles. The zero-order valence-electron chi connectivity index (χ0n) is 34.5. The molecule has 13 rings (SSSR count). The molecule has 0 saturated carbocycles. The van der Waals surface area contributed by atoms with E-state index in [1.165, 1.54) is 32.7 Å². The molecule has 5 nitrogen and oxygen atoms in total. The maximum Gasteiger partial charge on any atom is 0.164 e. The molecule has 0 atom stereocenters. The number of hydrogen-bond acceptors (Lipinski definition) is 4. The Kier molecular flexibility index (Phi) is 8.15. The fourth-order valence-corrected chi connectivity index (χ4v) is 9.57. The van der Waals surface area contributed by atoms with Crippen LogP contribution in [0.2, 0.25) is 0 Å². The average molecular weight is 817 g/mol. The zero-order valence-corrected chi connectivity index (χ0v) is 34.5. The van der Waals surface area contributed by atoms with Crippen molar-refractivity contribution in [1.29, 1.82) is 0 Å². The van der Waals surface area contributed by atoms with Crippen LogP contribution in [0.1, 0.15) is 0 Å². The summed E-state index contributed by atoms with van der Waals surface area (Å²) in [6.07, 6.45) is 0. The second-order valence-electron chi connectivity index (χ2n) is 16.4. The molecule has 0 fully saturated rings. The number of rotatable bonds is 6. The Hall–Kier alpha value is -8.67. The Labute approximate surface area is 368 Å². The van der Waals surface area contributed by atoms with Gasteiger partial charge in [-0.3, -0.25) is 0 Å². The van der Waals surface area contributed by atoms with Gasteiger partial charge >= 0.3 is 0 Å². The minimum atomic E-state index is 0.583. The van der Waals surface area contributed by atoms with E-state index < -0.39 is 0 Å². The van der Waals surface area contributed by atoms with Gasteiger partial charge in [-0.15, -0.1) is 0 Å². The van der Waals surface area contributed by atoms with Crippen LogP contribution in [0, 0.1) is 0 Å². The lowest BCUT2D eigenvalue weighted by atomic mass is 10.0. The van der Waals surface area contributed by atoms with Gasteiger partial charge in [-0.05, 0) is 92.3 Å². The van der Waals surface area contributed by atoms with E-state index in [9.17, 15) is 0 Å². The smallest absolute Gasteiger partial charge is 0.164 e. The minimum Gasteiger partial charge on any atom is -0.456 e. The van der Waals surface area contributed by atoms with E-state index in [0.29, 0.717) is 17.5 Å². The molecule has 0 N–H and O–H groups in total. The molecule has 0 radical (unpaired) electrons. The molecule has 0 aliphatic heterocycles. The molecule has 0 spiro atoms. The van der Waals surface area contributed by atoms with Crippen LogP contribution in [0.3, 0.4) is 0 Å². The van der Waals surface area contributed by atoms with Gasteiger partial charge in [-0.25, -0.2) is 15.0 Å². The van der Waals surface area contributed by atoms with Crippen LogP contribution in [0.15, 0.2) is 223 Å². The summed E-state index contributed by atoms with van der Waals surface area (Å²) in [6, 6.07) is 76.9. The lowest BCUT2D eigenvalue weighted by Gasteiger charge is -2.11. The summed E-state index contributed by atoms with van der Waals surface area (Å²) in [7, 11) is 0. The van der Waals surface area contributed by atoms with Crippen molar-refractivity contribution in [3.8, 4) is 62.1 Å². The Morgan fingerprint density at radius 2 is 0.922 bits per heavy atom. The Balaban J connectivity index is 0.997. The zero-order chi connectivity index (χ0) is 42.1. The minimum absolute atomic E-state index is 0.583. The number of benzene rings is 10. The van der Waals surface area contributed by atoms with Crippen LogP contribution < -0.4 is 0 Å². The maximum atomic E-state index is 6.78. The lowest BCUT2D eigenvalue weighted by molar-refractivity contribution is 0.668. The van der Waals surface area contributed by atoms with Gasteiger partial charge in [0.2, 0.25) is 0 Å². The lowest BCUT2D eigenvalue weighted by Crippen LogP contribution is -2.00. The van der Waals surface area contributed by atoms with Gasteiger partial charge in [-0.2, -0.15) is 0 Å². The first-order chi connectivity index (χ1) is 31.7. The molecule has 298 valence electrons. The first-order valence-electron chi connectivity index (χ1n) is 21.6. The number of furan rings is 1. The Morgan fingerprint density at radius 3 is 1.73 bits per heavy atom. The van der Waals surface area contributed by atoms with Crippen molar-refractivity contribution in [2.24, 2.45) is 0 Å². The molecular formula is C59H36N4O. The SMILES string of the molecule is c1ccc(-c2cccc(-c3nc(-c4ccc5ccccc5c4)nc(-c4cccc5oc6cc(-n7c8ccc(-c9ccccc9)cc8c8c9ccccc9ccc87)ccc6c45)n3)c2)cc1. The van der Waals surface area contributed by atoms with Crippen molar-refractivity contribution in [2.75, 3.05) is 0 Å². The molecular weight excluding hydrogens is 781 g/mol. The highest BCUT2D eigenvalue weighted by atomic mass is 16.3. The summed E-state index contributed by atoms with van der Waals surface area (Å²) < 4.78 is 9.15. The Bertz CT molecular complexity index is 3960. The molecule has 0 unspecified atom stereocenters. The van der Waals surface area contributed by atoms with Crippen LogP contribution in [-0.4, -0.2) is 19.5 Å². The van der Waals surface area contributed by atoms with Crippen molar-refractivity contribution in [3.63, 3.8) is 0 Å². The van der Waals surface area contributed by atoms with E-state index in [4.69, 9.17) is 19.4 Å². The van der Waals surface area contributed by atoms with E-state index in [-0.39, 0.29) is 0 Å². The van der Waals surface area contributed by atoms with E-state index in [2.05, 4.69) is 205 Å². The van der Waals surface area contributed by atoms with Crippen molar-refractivity contribution >= 4 is 65.3 Å². The fourth-order valence-electron chi connectivity index (χ4n) is 9.57. The van der Waals surface area contributed by atoms with Crippen molar-refractivity contribution in [1.82, 2.24) is 19.5 Å². The van der Waals surface area contributed by atoms with Gasteiger partial charge < -0.3 is 8.98 Å². The van der Waals surface area contributed by atoms with Crippen LogP contribution in [0.25, 0.3) is 127 Å². The first kappa shape index (κ1) is 36.0. The van der Waals surface area contributed by atoms with Crippen LogP contribution in [0.4, 0.5) is 0 Å². The topological polar surface area (TPSA) is 56.7 Å². The third-order valence-corrected chi connectivity index (χ3v) is 12.6. The van der Waals surface area contributed by atoms with Crippen LogP contribution >= 0.6 is 0 Å². The standard InChI is InChI=1S/C59H36N4O/c1-3-13-37(14-4-1)42-20-11-21-44(33-42)57-60-58(45-26-25-39-17-7-8-19-41(39)34-45)62-59(61-57)49-23-12-24-53-56(49)48-30-29-46(36-54(48)64-53)63-51-31-28-43(38-15-5-2-6-16-38)35-50(51)55-47-22-10-9-18-40(47)27-32-52(55)63/h1-36H. The first-order valence-corrected chi connectivity index (χ1v) is 21.6. The number of hydrogen-bond donors (Lipinski definition) is 0. The summed E-state index contributed by atoms with van der Waals surface area (Å²) in [6.45, 7) is 0. The van der Waals surface area contributed by atoms with Crippen LogP contribution in [0.5, 0.6) is 0 Å². The monoisotopic (exact) mass is 816 g/mol. The largest absolute Gasteiger partial charge is 0.456 e. The summed E-state index contributed by atoms with van der Waals surface area (Å²) in [5, 5.41) is 9.14. The van der Waals surface area contributed by atoms with Gasteiger partial charge in [0.25, 0.3) is 0 Å².